The minimum Gasteiger partial charge on any atom is -0.438 e. The average Bonchev–Trinajstić information content (AvgIpc) is 3.46. The Labute approximate surface area is 208 Å². The molecule has 0 unspecified atom stereocenters. The number of ether oxygens (including phenoxy) is 1. The third-order valence-corrected chi connectivity index (χ3v) is 5.58. The van der Waals surface area contributed by atoms with Gasteiger partial charge in [0.05, 0.1) is 11.3 Å². The van der Waals surface area contributed by atoms with Gasteiger partial charge >= 0.3 is 0 Å². The zero-order chi connectivity index (χ0) is 24.9. The fourth-order valence-electron chi connectivity index (χ4n) is 3.76. The zero-order valence-corrected chi connectivity index (χ0v) is 19.8. The summed E-state index contributed by atoms with van der Waals surface area (Å²) in [6.07, 6.45) is 7.24. The fourth-order valence-corrected chi connectivity index (χ4v) is 3.76. The number of benzene rings is 2. The van der Waals surface area contributed by atoms with Gasteiger partial charge in [0.1, 0.15) is 5.75 Å². The van der Waals surface area contributed by atoms with Gasteiger partial charge in [-0.05, 0) is 79.2 Å². The molecule has 1 amide bonds. The van der Waals surface area contributed by atoms with Gasteiger partial charge in [-0.15, -0.1) is 0 Å². The molecule has 3 aromatic heterocycles. The Balaban J connectivity index is 1.34. The topological polar surface area (TPSA) is 94.0 Å². The van der Waals surface area contributed by atoms with E-state index in [2.05, 4.69) is 25.6 Å². The van der Waals surface area contributed by atoms with Gasteiger partial charge in [-0.1, -0.05) is 6.07 Å². The van der Waals surface area contributed by atoms with E-state index >= 15 is 0 Å². The highest BCUT2D eigenvalue weighted by molar-refractivity contribution is 6.04. The van der Waals surface area contributed by atoms with Crippen LogP contribution in [0.2, 0.25) is 0 Å². The van der Waals surface area contributed by atoms with Crippen molar-refractivity contribution in [3.63, 3.8) is 0 Å². The lowest BCUT2D eigenvalue weighted by Crippen LogP contribution is -2.12. The molecule has 0 aliphatic carbocycles. The van der Waals surface area contributed by atoms with Gasteiger partial charge in [0, 0.05) is 48.8 Å². The van der Waals surface area contributed by atoms with E-state index in [1.165, 1.54) is 0 Å². The van der Waals surface area contributed by atoms with E-state index in [1.54, 1.807) is 25.5 Å². The summed E-state index contributed by atoms with van der Waals surface area (Å²) in [6, 6.07) is 22.4. The number of nitrogens with zero attached hydrogens (tertiary/aromatic N) is 4. The summed E-state index contributed by atoms with van der Waals surface area (Å²) in [5.41, 5.74) is 4.46. The van der Waals surface area contributed by atoms with Crippen LogP contribution in [-0.4, -0.2) is 32.5 Å². The number of anilines is 2. The number of hydrogen-bond acceptors (Lipinski definition) is 6. The number of rotatable bonds is 7. The summed E-state index contributed by atoms with van der Waals surface area (Å²) in [5, 5.41) is 5.91. The molecule has 0 radical (unpaired) electrons. The van der Waals surface area contributed by atoms with Crippen molar-refractivity contribution in [3.05, 3.63) is 109 Å². The summed E-state index contributed by atoms with van der Waals surface area (Å²) < 4.78 is 8.12. The Morgan fingerprint density at radius 2 is 1.78 bits per heavy atom. The predicted octanol–water partition coefficient (Wildman–Crippen LogP) is 5.72. The molecule has 3 heterocycles. The Bertz CT molecular complexity index is 1510. The predicted molar refractivity (Wildman–Crippen MR) is 140 cm³/mol. The highest BCUT2D eigenvalue weighted by Gasteiger charge is 2.13. The molecule has 0 saturated heterocycles. The van der Waals surface area contributed by atoms with E-state index in [9.17, 15) is 4.79 Å². The van der Waals surface area contributed by atoms with Crippen LogP contribution in [0.5, 0.6) is 11.6 Å². The molecule has 178 valence electrons. The lowest BCUT2D eigenvalue weighted by atomic mass is 10.1. The molecule has 2 N–H and O–H groups in total. The van der Waals surface area contributed by atoms with Crippen LogP contribution in [0.25, 0.3) is 16.9 Å². The molecule has 0 spiro atoms. The van der Waals surface area contributed by atoms with Crippen molar-refractivity contribution in [2.24, 2.45) is 0 Å². The van der Waals surface area contributed by atoms with Crippen LogP contribution in [0.3, 0.4) is 0 Å². The third-order valence-electron chi connectivity index (χ3n) is 5.58. The largest absolute Gasteiger partial charge is 0.438 e. The van der Waals surface area contributed by atoms with Crippen molar-refractivity contribution >= 4 is 17.5 Å². The van der Waals surface area contributed by atoms with E-state index in [0.717, 1.165) is 16.8 Å². The molecule has 5 aromatic rings. The highest BCUT2D eigenvalue weighted by atomic mass is 16.5. The number of nitrogens with one attached hydrogen (secondary N) is 2. The van der Waals surface area contributed by atoms with E-state index in [4.69, 9.17) is 4.74 Å². The summed E-state index contributed by atoms with van der Waals surface area (Å²) in [4.78, 5) is 26.0. The van der Waals surface area contributed by atoms with Crippen molar-refractivity contribution in [3.8, 4) is 28.6 Å². The second-order valence-electron chi connectivity index (χ2n) is 8.05. The minimum absolute atomic E-state index is 0.187. The van der Waals surface area contributed by atoms with Gasteiger partial charge < -0.3 is 19.9 Å². The smallest absolute Gasteiger partial charge is 0.255 e. The number of hydrogen-bond donors (Lipinski definition) is 2. The van der Waals surface area contributed by atoms with E-state index in [0.29, 0.717) is 34.5 Å². The number of amides is 1. The van der Waals surface area contributed by atoms with Gasteiger partial charge in [-0.2, -0.15) is 0 Å². The molecule has 2 aromatic carbocycles. The molecule has 0 aliphatic heterocycles. The summed E-state index contributed by atoms with van der Waals surface area (Å²) in [5.74, 6) is 1.39. The van der Waals surface area contributed by atoms with Crippen LogP contribution in [0.4, 0.5) is 11.6 Å². The quantitative estimate of drug-likeness (QED) is 0.312. The summed E-state index contributed by atoms with van der Waals surface area (Å²) >= 11 is 0. The van der Waals surface area contributed by atoms with Crippen molar-refractivity contribution in [1.29, 1.82) is 0 Å². The molecule has 8 heteroatoms. The van der Waals surface area contributed by atoms with Gasteiger partial charge in [-0.25, -0.2) is 15.0 Å². The van der Waals surface area contributed by atoms with Crippen molar-refractivity contribution in [2.75, 3.05) is 17.7 Å². The van der Waals surface area contributed by atoms with E-state index in [-0.39, 0.29) is 5.91 Å². The molecule has 0 atom stereocenters. The lowest BCUT2D eigenvalue weighted by Gasteiger charge is -2.13. The SMILES string of the molecule is CNc1nccc(-c2cccnc2Oc2ccc(NC(=O)c3cccc(-n4cccc4)c3)cc2C)n1. The Morgan fingerprint density at radius 1 is 0.917 bits per heavy atom. The number of carbonyl (C=O) groups excluding carboxylic acids is 1. The second-order valence-corrected chi connectivity index (χ2v) is 8.05. The van der Waals surface area contributed by atoms with Crippen molar-refractivity contribution in [2.45, 2.75) is 6.92 Å². The molecule has 0 fully saturated rings. The van der Waals surface area contributed by atoms with Gasteiger partial charge in [0.2, 0.25) is 11.8 Å². The first-order valence-corrected chi connectivity index (χ1v) is 11.4. The Morgan fingerprint density at radius 3 is 2.58 bits per heavy atom. The standard InChI is InChI=1S/C28H24N6O2/c1-19-17-21(32-26(35)20-7-5-8-22(18-20)34-15-3-4-16-34)10-11-25(19)36-27-23(9-6-13-30-27)24-12-14-31-28(29-2)33-24/h3-18H,1-2H3,(H,32,35)(H,29,31,33). The molecule has 8 nitrogen and oxygen atoms in total. The minimum atomic E-state index is -0.187. The lowest BCUT2D eigenvalue weighted by molar-refractivity contribution is 0.102. The maximum atomic E-state index is 12.9. The van der Waals surface area contributed by atoms with Crippen LogP contribution in [-0.2, 0) is 0 Å². The Kier molecular flexibility index (Phi) is 6.40. The van der Waals surface area contributed by atoms with E-state index in [1.807, 2.05) is 90.6 Å². The molecule has 0 saturated carbocycles. The summed E-state index contributed by atoms with van der Waals surface area (Å²) in [7, 11) is 1.77. The molecule has 0 bridgehead atoms. The normalized spacial score (nSPS) is 10.6. The first-order chi connectivity index (χ1) is 17.6. The zero-order valence-electron chi connectivity index (χ0n) is 19.8. The first kappa shape index (κ1) is 22.8. The molecular weight excluding hydrogens is 452 g/mol. The third kappa shape index (κ3) is 4.92. The number of carbonyl (C=O) groups is 1. The second kappa shape index (κ2) is 10.1. The van der Waals surface area contributed by atoms with Crippen LogP contribution < -0.4 is 15.4 Å². The van der Waals surface area contributed by atoms with Gasteiger partial charge in [-0.3, -0.25) is 4.79 Å². The first-order valence-electron chi connectivity index (χ1n) is 11.4. The number of aryl methyl sites for hydroxylation is 1. The maximum absolute atomic E-state index is 12.9. The Hall–Kier alpha value is -4.98. The van der Waals surface area contributed by atoms with Crippen LogP contribution in [0.15, 0.2) is 97.6 Å². The molecule has 5 rings (SSSR count). The number of pyridine rings is 1. The summed E-state index contributed by atoms with van der Waals surface area (Å²) in [6.45, 7) is 1.92. The van der Waals surface area contributed by atoms with Crippen LogP contribution >= 0.6 is 0 Å². The van der Waals surface area contributed by atoms with E-state index < -0.39 is 0 Å². The highest BCUT2D eigenvalue weighted by Crippen LogP contribution is 2.33. The van der Waals surface area contributed by atoms with Gasteiger partial charge in [0.25, 0.3) is 5.91 Å². The number of aromatic nitrogens is 4. The molecule has 0 aliphatic rings. The van der Waals surface area contributed by atoms with Crippen LogP contribution in [0.1, 0.15) is 15.9 Å². The maximum Gasteiger partial charge on any atom is 0.255 e. The molecular formula is C28H24N6O2. The average molecular weight is 477 g/mol. The van der Waals surface area contributed by atoms with Crippen LogP contribution in [0, 0.1) is 6.92 Å². The molecule has 36 heavy (non-hydrogen) atoms. The van der Waals surface area contributed by atoms with Crippen molar-refractivity contribution in [1.82, 2.24) is 19.5 Å². The fraction of sp³-hybridized carbons (Fsp3) is 0.0714. The monoisotopic (exact) mass is 476 g/mol. The van der Waals surface area contributed by atoms with Gasteiger partial charge in [0.15, 0.2) is 0 Å². The van der Waals surface area contributed by atoms with Crippen molar-refractivity contribution < 1.29 is 9.53 Å².